The number of carbonyl (C=O) groups excluding carboxylic acids is 2. The number of Topliss-reactive ketones (excluding diaryl/α,β-unsaturated/α-hetero) is 1. The number of aromatic nitrogens is 3. The van der Waals surface area contributed by atoms with Gasteiger partial charge in [-0.1, -0.05) is 42.5 Å². The number of aryl methyl sites for hydroxylation is 1. The number of ketones is 1. The lowest BCUT2D eigenvalue weighted by Gasteiger charge is -2.10. The number of nitrogens with zero attached hydrogens (tertiary/aromatic N) is 3. The molecular formula is C31H25F3N4O2. The van der Waals surface area contributed by atoms with Crippen LogP contribution in [0.4, 0.5) is 18.9 Å². The largest absolute Gasteiger partial charge is 0.389 e. The first-order valence-corrected chi connectivity index (χ1v) is 12.7. The zero-order valence-corrected chi connectivity index (χ0v) is 21.4. The Kier molecular flexibility index (Phi) is 7.72. The van der Waals surface area contributed by atoms with Crippen molar-refractivity contribution in [3.8, 4) is 16.8 Å². The Morgan fingerprint density at radius 3 is 2.42 bits per heavy atom. The quantitative estimate of drug-likeness (QED) is 0.200. The van der Waals surface area contributed by atoms with Crippen molar-refractivity contribution in [2.75, 3.05) is 5.32 Å². The molecule has 202 valence electrons. The minimum Gasteiger partial charge on any atom is -0.326 e. The lowest BCUT2D eigenvalue weighted by Crippen LogP contribution is -2.16. The molecule has 0 saturated carbocycles. The van der Waals surface area contributed by atoms with Crippen molar-refractivity contribution >= 4 is 28.4 Å². The topological polar surface area (TPSA) is 76.9 Å². The summed E-state index contributed by atoms with van der Waals surface area (Å²) in [5, 5.41) is 2.52. The predicted molar refractivity (Wildman–Crippen MR) is 147 cm³/mol. The average Bonchev–Trinajstić information content (AvgIpc) is 3.39. The number of fused-ring (bicyclic) bond motifs is 1. The van der Waals surface area contributed by atoms with Crippen LogP contribution in [0.2, 0.25) is 0 Å². The van der Waals surface area contributed by atoms with Gasteiger partial charge in [-0.25, -0.2) is 4.98 Å². The van der Waals surface area contributed by atoms with Crippen molar-refractivity contribution < 1.29 is 22.8 Å². The summed E-state index contributed by atoms with van der Waals surface area (Å²) in [6.45, 7) is 0. The molecule has 0 aliphatic rings. The van der Waals surface area contributed by atoms with Crippen LogP contribution in [0.15, 0.2) is 97.6 Å². The van der Waals surface area contributed by atoms with Gasteiger partial charge in [0.15, 0.2) is 5.78 Å². The summed E-state index contributed by atoms with van der Waals surface area (Å²) in [6, 6.07) is 24.0. The molecule has 5 rings (SSSR count). The third-order valence-corrected chi connectivity index (χ3v) is 6.49. The highest BCUT2D eigenvalue weighted by molar-refractivity contribution is 5.96. The predicted octanol–water partition coefficient (Wildman–Crippen LogP) is 7.18. The molecule has 0 fully saturated rings. The fourth-order valence-electron chi connectivity index (χ4n) is 4.41. The van der Waals surface area contributed by atoms with Crippen LogP contribution < -0.4 is 5.32 Å². The molecule has 40 heavy (non-hydrogen) atoms. The van der Waals surface area contributed by atoms with Gasteiger partial charge in [0.05, 0.1) is 17.5 Å². The lowest BCUT2D eigenvalue weighted by molar-refractivity contribution is -0.142. The first-order chi connectivity index (χ1) is 19.2. The van der Waals surface area contributed by atoms with E-state index in [4.69, 9.17) is 0 Å². The van der Waals surface area contributed by atoms with Crippen molar-refractivity contribution in [2.45, 2.75) is 31.9 Å². The molecule has 3 aromatic carbocycles. The molecule has 0 aliphatic heterocycles. The van der Waals surface area contributed by atoms with Crippen LogP contribution in [0.5, 0.6) is 0 Å². The van der Waals surface area contributed by atoms with Crippen molar-refractivity contribution in [1.29, 1.82) is 0 Å². The number of hydrogen-bond acceptors (Lipinski definition) is 4. The van der Waals surface area contributed by atoms with Crippen LogP contribution in [0.3, 0.4) is 0 Å². The number of alkyl halides is 3. The number of pyridine rings is 1. The van der Waals surface area contributed by atoms with Crippen molar-refractivity contribution in [3.05, 3.63) is 109 Å². The number of anilines is 1. The number of amides is 1. The van der Waals surface area contributed by atoms with Crippen LogP contribution >= 0.6 is 0 Å². The smallest absolute Gasteiger partial charge is 0.326 e. The molecular weight excluding hydrogens is 517 g/mol. The number of hydrogen-bond donors (Lipinski definition) is 1. The van der Waals surface area contributed by atoms with Gasteiger partial charge in [0, 0.05) is 42.2 Å². The van der Waals surface area contributed by atoms with E-state index in [9.17, 15) is 22.8 Å². The SMILES string of the molecule is O=C(CCC(F)(F)F)Nc1cccc(-n2cnc3cc(-c4ccc(C(=O)CCc5cccnc5)cc4)ccc32)c1. The zero-order valence-electron chi connectivity index (χ0n) is 21.4. The molecule has 5 aromatic rings. The highest BCUT2D eigenvalue weighted by Gasteiger charge is 2.27. The summed E-state index contributed by atoms with van der Waals surface area (Å²) in [4.78, 5) is 33.2. The van der Waals surface area contributed by atoms with E-state index < -0.39 is 24.9 Å². The third kappa shape index (κ3) is 6.61. The maximum atomic E-state index is 12.6. The Balaban J connectivity index is 1.28. The molecule has 6 nitrogen and oxygen atoms in total. The second-order valence-corrected chi connectivity index (χ2v) is 9.39. The molecule has 0 spiro atoms. The Morgan fingerprint density at radius 2 is 1.68 bits per heavy atom. The Hall–Kier alpha value is -4.79. The van der Waals surface area contributed by atoms with Gasteiger partial charge in [-0.3, -0.25) is 19.1 Å². The van der Waals surface area contributed by atoms with E-state index in [2.05, 4.69) is 15.3 Å². The lowest BCUT2D eigenvalue weighted by atomic mass is 9.99. The van der Waals surface area contributed by atoms with Crippen LogP contribution in [0.1, 0.15) is 35.2 Å². The number of benzene rings is 3. The molecule has 0 unspecified atom stereocenters. The highest BCUT2D eigenvalue weighted by Crippen LogP contribution is 2.27. The first-order valence-electron chi connectivity index (χ1n) is 12.7. The van der Waals surface area contributed by atoms with Crippen molar-refractivity contribution in [3.63, 3.8) is 0 Å². The molecule has 0 atom stereocenters. The summed E-state index contributed by atoms with van der Waals surface area (Å²) in [7, 11) is 0. The van der Waals surface area contributed by atoms with Crippen LogP contribution in [-0.2, 0) is 11.2 Å². The standard InChI is InChI=1S/C31H25F3N4O2/c32-31(33,34)15-14-30(40)37-25-4-1-5-26(18-25)38-20-36-27-17-24(11-12-28(27)38)22-7-9-23(10-8-22)29(39)13-6-21-3-2-16-35-19-21/h1-5,7-12,16-20H,6,13-15H2,(H,37,40). The molecule has 2 aromatic heterocycles. The van der Waals surface area contributed by atoms with Crippen LogP contribution in [0, 0.1) is 0 Å². The van der Waals surface area contributed by atoms with E-state index in [0.717, 1.165) is 27.7 Å². The van der Waals surface area contributed by atoms with Gasteiger partial charge in [0.2, 0.25) is 5.91 Å². The summed E-state index contributed by atoms with van der Waals surface area (Å²) in [6.07, 6.45) is -0.000803. The maximum absolute atomic E-state index is 12.6. The Labute approximate surface area is 228 Å². The molecule has 1 N–H and O–H groups in total. The van der Waals surface area contributed by atoms with Gasteiger partial charge in [-0.15, -0.1) is 0 Å². The summed E-state index contributed by atoms with van der Waals surface area (Å²) < 4.78 is 39.1. The molecule has 0 saturated heterocycles. The van der Waals surface area contributed by atoms with Crippen LogP contribution in [0.25, 0.3) is 27.8 Å². The average molecular weight is 543 g/mol. The van der Waals surface area contributed by atoms with E-state index in [1.807, 2.05) is 65.2 Å². The fourth-order valence-corrected chi connectivity index (χ4v) is 4.41. The maximum Gasteiger partial charge on any atom is 0.389 e. The fraction of sp³-hybridized carbons (Fsp3) is 0.161. The van der Waals surface area contributed by atoms with E-state index >= 15 is 0 Å². The number of rotatable bonds is 9. The van der Waals surface area contributed by atoms with Crippen LogP contribution in [-0.4, -0.2) is 32.4 Å². The van der Waals surface area contributed by atoms with E-state index in [0.29, 0.717) is 29.8 Å². The summed E-state index contributed by atoms with van der Waals surface area (Å²) in [5.74, 6) is -0.626. The Morgan fingerprint density at radius 1 is 0.875 bits per heavy atom. The molecule has 0 radical (unpaired) electrons. The molecule has 0 bridgehead atoms. The normalized spacial score (nSPS) is 11.5. The first kappa shape index (κ1) is 26.8. The van der Waals surface area contributed by atoms with Gasteiger partial charge >= 0.3 is 6.18 Å². The second-order valence-electron chi connectivity index (χ2n) is 9.39. The molecule has 9 heteroatoms. The highest BCUT2D eigenvalue weighted by atomic mass is 19.4. The van der Waals surface area contributed by atoms with Crippen molar-refractivity contribution in [2.24, 2.45) is 0 Å². The minimum absolute atomic E-state index is 0.0726. The number of nitrogens with one attached hydrogen (secondary N) is 1. The number of imidazole rings is 1. The summed E-state index contributed by atoms with van der Waals surface area (Å²) in [5.41, 5.74) is 6.25. The molecule has 2 heterocycles. The monoisotopic (exact) mass is 542 g/mol. The van der Waals surface area contributed by atoms with E-state index in [1.54, 1.807) is 36.9 Å². The van der Waals surface area contributed by atoms with Gasteiger partial charge in [0.1, 0.15) is 6.33 Å². The molecule has 0 aliphatic carbocycles. The number of halogens is 3. The zero-order chi connectivity index (χ0) is 28.1. The van der Waals surface area contributed by atoms with Crippen molar-refractivity contribution in [1.82, 2.24) is 14.5 Å². The number of carbonyl (C=O) groups is 2. The Bertz CT molecular complexity index is 1650. The van der Waals surface area contributed by atoms with Gasteiger partial charge in [0.25, 0.3) is 0 Å². The third-order valence-electron chi connectivity index (χ3n) is 6.49. The summed E-state index contributed by atoms with van der Waals surface area (Å²) >= 11 is 0. The molecule has 1 amide bonds. The van der Waals surface area contributed by atoms with E-state index in [1.165, 1.54) is 0 Å². The van der Waals surface area contributed by atoms with Gasteiger partial charge in [-0.2, -0.15) is 13.2 Å². The second kappa shape index (κ2) is 11.5. The van der Waals surface area contributed by atoms with E-state index in [-0.39, 0.29) is 5.78 Å². The van der Waals surface area contributed by atoms with Gasteiger partial charge in [-0.05, 0) is 59.5 Å². The minimum atomic E-state index is -4.38. The van der Waals surface area contributed by atoms with Gasteiger partial charge < -0.3 is 5.32 Å².